The van der Waals surface area contributed by atoms with Gasteiger partial charge in [-0.05, 0) is 38.3 Å². The van der Waals surface area contributed by atoms with E-state index in [4.69, 9.17) is 5.73 Å². The predicted molar refractivity (Wildman–Crippen MR) is 85.9 cm³/mol. The molecule has 1 aliphatic rings. The Morgan fingerprint density at radius 3 is 2.38 bits per heavy atom. The van der Waals surface area contributed by atoms with E-state index in [1.165, 1.54) is 0 Å². The molecule has 0 atom stereocenters. The van der Waals surface area contributed by atoms with Gasteiger partial charge in [0.05, 0.1) is 0 Å². The van der Waals surface area contributed by atoms with E-state index in [2.05, 4.69) is 0 Å². The lowest BCUT2D eigenvalue weighted by Crippen LogP contribution is -2.48. The minimum atomic E-state index is -3.43. The first-order valence-corrected chi connectivity index (χ1v) is 8.93. The Kier molecular flexibility index (Phi) is 5.24. The summed E-state index contributed by atoms with van der Waals surface area (Å²) in [5, 5.41) is 0. The molecule has 0 amide bonds. The first-order chi connectivity index (χ1) is 9.93. The van der Waals surface area contributed by atoms with Crippen LogP contribution in [0.25, 0.3) is 0 Å². The molecule has 1 saturated heterocycles. The van der Waals surface area contributed by atoms with Gasteiger partial charge in [0.1, 0.15) is 0 Å². The second kappa shape index (κ2) is 6.77. The normalized spacial score (nSPS) is 17.5. The monoisotopic (exact) mass is 311 g/mol. The molecule has 0 radical (unpaired) electrons. The molecule has 6 heteroatoms. The molecule has 0 aliphatic carbocycles. The van der Waals surface area contributed by atoms with E-state index in [-0.39, 0.29) is 6.04 Å². The van der Waals surface area contributed by atoms with E-state index < -0.39 is 10.2 Å². The highest BCUT2D eigenvalue weighted by atomic mass is 32.2. The number of hydrogen-bond donors (Lipinski definition) is 1. The van der Waals surface area contributed by atoms with Crippen molar-refractivity contribution in [1.29, 1.82) is 0 Å². The van der Waals surface area contributed by atoms with Crippen LogP contribution in [0.3, 0.4) is 0 Å². The van der Waals surface area contributed by atoms with Crippen LogP contribution in [-0.2, 0) is 16.8 Å². The van der Waals surface area contributed by atoms with Gasteiger partial charge in [0.2, 0.25) is 0 Å². The number of anilines is 1. The third kappa shape index (κ3) is 3.75. The molecule has 21 heavy (non-hydrogen) atoms. The molecule has 1 heterocycles. The Balaban J connectivity index is 2.24. The summed E-state index contributed by atoms with van der Waals surface area (Å²) in [5.74, 6) is 0. The molecule has 0 unspecified atom stereocenters. The lowest BCUT2D eigenvalue weighted by Gasteiger charge is -2.34. The van der Waals surface area contributed by atoms with E-state index in [1.807, 2.05) is 32.0 Å². The van der Waals surface area contributed by atoms with Crippen LogP contribution in [0.15, 0.2) is 24.3 Å². The molecule has 1 fully saturated rings. The molecular weight excluding hydrogens is 286 g/mol. The number of hydrogen-bond acceptors (Lipinski definition) is 3. The molecule has 2 N–H and O–H groups in total. The lowest BCUT2D eigenvalue weighted by molar-refractivity contribution is 0.277. The fourth-order valence-corrected chi connectivity index (χ4v) is 4.47. The summed E-state index contributed by atoms with van der Waals surface area (Å²) in [7, 11) is -3.43. The number of nitrogens with zero attached hydrogens (tertiary/aromatic N) is 2. The van der Waals surface area contributed by atoms with E-state index >= 15 is 0 Å². The molecule has 1 aromatic rings. The molecule has 0 bridgehead atoms. The average molecular weight is 311 g/mol. The zero-order valence-electron chi connectivity index (χ0n) is 12.8. The Bertz CT molecular complexity index is 566. The van der Waals surface area contributed by atoms with Crippen molar-refractivity contribution >= 4 is 15.9 Å². The quantitative estimate of drug-likeness (QED) is 0.848. The zero-order chi connectivity index (χ0) is 15.5. The Hall–Kier alpha value is -1.11. The van der Waals surface area contributed by atoms with Crippen LogP contribution in [0.1, 0.15) is 38.7 Å². The third-order valence-corrected chi connectivity index (χ3v) is 6.06. The van der Waals surface area contributed by atoms with Crippen molar-refractivity contribution in [2.24, 2.45) is 0 Å². The smallest absolute Gasteiger partial charge is 0.282 e. The fourth-order valence-electron chi connectivity index (χ4n) is 2.62. The molecule has 1 aromatic carbocycles. The Morgan fingerprint density at radius 2 is 1.81 bits per heavy atom. The van der Waals surface area contributed by atoms with Crippen LogP contribution in [-0.4, -0.2) is 36.2 Å². The summed E-state index contributed by atoms with van der Waals surface area (Å²) in [6.45, 7) is 5.37. The van der Waals surface area contributed by atoms with Crippen LogP contribution >= 0.6 is 0 Å². The molecule has 0 aromatic heterocycles. The Morgan fingerprint density at radius 1 is 1.19 bits per heavy atom. The van der Waals surface area contributed by atoms with Gasteiger partial charge in [0, 0.05) is 31.4 Å². The standard InChI is InChI=1S/C15H25N3O2S/c1-13(2)18(12-14-8-4-5-9-15(14)16)21(19,20)17-10-6-3-7-11-17/h4-5,8-9,13H,3,6-7,10-12,16H2,1-2H3. The van der Waals surface area contributed by atoms with E-state index in [0.717, 1.165) is 24.8 Å². The number of rotatable bonds is 5. The summed E-state index contributed by atoms with van der Waals surface area (Å²) in [6, 6.07) is 7.34. The maximum absolute atomic E-state index is 12.9. The second-order valence-corrected chi connectivity index (χ2v) is 7.69. The van der Waals surface area contributed by atoms with Gasteiger partial charge in [-0.3, -0.25) is 0 Å². The van der Waals surface area contributed by atoms with Crippen LogP contribution in [0.2, 0.25) is 0 Å². The summed E-state index contributed by atoms with van der Waals surface area (Å²) in [6.07, 6.45) is 3.00. The maximum atomic E-state index is 12.9. The molecular formula is C15H25N3O2S. The van der Waals surface area contributed by atoms with Gasteiger partial charge in [0.25, 0.3) is 10.2 Å². The summed E-state index contributed by atoms with van der Waals surface area (Å²) >= 11 is 0. The van der Waals surface area contributed by atoms with Crippen LogP contribution < -0.4 is 5.73 Å². The van der Waals surface area contributed by atoms with Crippen LogP contribution in [0.4, 0.5) is 5.69 Å². The van der Waals surface area contributed by atoms with Gasteiger partial charge in [-0.15, -0.1) is 0 Å². The molecule has 2 rings (SSSR count). The van der Waals surface area contributed by atoms with E-state index in [9.17, 15) is 8.42 Å². The van der Waals surface area contributed by atoms with Gasteiger partial charge in [0.15, 0.2) is 0 Å². The van der Waals surface area contributed by atoms with Gasteiger partial charge in [-0.25, -0.2) is 0 Å². The fraction of sp³-hybridized carbons (Fsp3) is 0.600. The summed E-state index contributed by atoms with van der Waals surface area (Å²) in [5.41, 5.74) is 7.45. The number of benzene rings is 1. The number of para-hydroxylation sites is 1. The minimum absolute atomic E-state index is 0.100. The largest absolute Gasteiger partial charge is 0.398 e. The third-order valence-electron chi connectivity index (χ3n) is 3.89. The average Bonchev–Trinajstić information content (AvgIpc) is 2.46. The van der Waals surface area contributed by atoms with Crippen molar-refractivity contribution in [3.8, 4) is 0 Å². The van der Waals surface area contributed by atoms with Gasteiger partial charge in [-0.1, -0.05) is 24.6 Å². The first-order valence-electron chi connectivity index (χ1n) is 7.53. The van der Waals surface area contributed by atoms with Gasteiger partial charge in [-0.2, -0.15) is 17.0 Å². The zero-order valence-corrected chi connectivity index (χ0v) is 13.6. The molecule has 1 aliphatic heterocycles. The maximum Gasteiger partial charge on any atom is 0.282 e. The molecule has 5 nitrogen and oxygen atoms in total. The summed E-state index contributed by atoms with van der Waals surface area (Å²) < 4.78 is 28.9. The highest BCUT2D eigenvalue weighted by Crippen LogP contribution is 2.22. The SMILES string of the molecule is CC(C)N(Cc1ccccc1N)S(=O)(=O)N1CCCCC1. The van der Waals surface area contributed by atoms with E-state index in [0.29, 0.717) is 25.3 Å². The summed E-state index contributed by atoms with van der Waals surface area (Å²) in [4.78, 5) is 0. The highest BCUT2D eigenvalue weighted by Gasteiger charge is 2.32. The van der Waals surface area contributed by atoms with Gasteiger partial charge >= 0.3 is 0 Å². The minimum Gasteiger partial charge on any atom is -0.398 e. The van der Waals surface area contributed by atoms with Crippen molar-refractivity contribution in [2.75, 3.05) is 18.8 Å². The van der Waals surface area contributed by atoms with Crippen molar-refractivity contribution in [2.45, 2.75) is 45.7 Å². The predicted octanol–water partition coefficient (Wildman–Crippen LogP) is 2.21. The van der Waals surface area contributed by atoms with Crippen molar-refractivity contribution in [3.63, 3.8) is 0 Å². The lowest BCUT2D eigenvalue weighted by atomic mass is 10.2. The highest BCUT2D eigenvalue weighted by molar-refractivity contribution is 7.86. The van der Waals surface area contributed by atoms with Crippen LogP contribution in [0, 0.1) is 0 Å². The van der Waals surface area contributed by atoms with E-state index in [1.54, 1.807) is 14.7 Å². The Labute approximate surface area is 127 Å². The van der Waals surface area contributed by atoms with Crippen LogP contribution in [0.5, 0.6) is 0 Å². The second-order valence-electron chi connectivity index (χ2n) is 5.81. The molecule has 0 saturated carbocycles. The van der Waals surface area contributed by atoms with Crippen molar-refractivity contribution in [1.82, 2.24) is 8.61 Å². The topological polar surface area (TPSA) is 66.6 Å². The first kappa shape index (κ1) is 16.3. The number of nitrogen functional groups attached to an aromatic ring is 1. The molecule has 118 valence electrons. The number of nitrogens with two attached hydrogens (primary N) is 1. The van der Waals surface area contributed by atoms with Crippen molar-refractivity contribution < 1.29 is 8.42 Å². The molecule has 0 spiro atoms. The van der Waals surface area contributed by atoms with Crippen molar-refractivity contribution in [3.05, 3.63) is 29.8 Å². The van der Waals surface area contributed by atoms with Gasteiger partial charge < -0.3 is 5.73 Å². The number of piperidine rings is 1.